The monoisotopic (exact) mass is 411 g/mol. The Hall–Kier alpha value is -2.93. The van der Waals surface area contributed by atoms with Gasteiger partial charge in [-0.15, -0.1) is 11.3 Å². The Kier molecular flexibility index (Phi) is 5.49. The molecular formula is C22H21NO5S. The second kappa shape index (κ2) is 8.21. The Morgan fingerprint density at radius 3 is 2.79 bits per heavy atom. The number of hydrogen-bond donors (Lipinski definition) is 1. The largest absolute Gasteiger partial charge is 0.457 e. The van der Waals surface area contributed by atoms with Crippen LogP contribution >= 0.6 is 11.3 Å². The average Bonchev–Trinajstić information content (AvgIpc) is 2.95. The fraction of sp³-hybridized carbons (Fsp3) is 0.318. The Bertz CT molecular complexity index is 1120. The summed E-state index contributed by atoms with van der Waals surface area (Å²) >= 11 is 1.51. The predicted molar refractivity (Wildman–Crippen MR) is 111 cm³/mol. The maximum atomic E-state index is 12.6. The Morgan fingerprint density at radius 2 is 1.97 bits per heavy atom. The van der Waals surface area contributed by atoms with E-state index in [0.717, 1.165) is 25.7 Å². The molecule has 4 rings (SSSR count). The number of benzene rings is 1. The van der Waals surface area contributed by atoms with Gasteiger partial charge in [0.2, 0.25) is 5.91 Å². The van der Waals surface area contributed by atoms with Crippen LogP contribution in [-0.2, 0) is 29.0 Å². The molecule has 2 aromatic heterocycles. The molecule has 1 aliphatic carbocycles. The van der Waals surface area contributed by atoms with Crippen molar-refractivity contribution in [3.63, 3.8) is 0 Å². The molecule has 0 unspecified atom stereocenters. The van der Waals surface area contributed by atoms with E-state index in [4.69, 9.17) is 9.15 Å². The van der Waals surface area contributed by atoms with Crippen molar-refractivity contribution in [3.8, 4) is 0 Å². The zero-order valence-electron chi connectivity index (χ0n) is 16.1. The van der Waals surface area contributed by atoms with Crippen molar-refractivity contribution in [3.05, 3.63) is 61.6 Å². The first-order valence-electron chi connectivity index (χ1n) is 9.63. The molecule has 6 nitrogen and oxygen atoms in total. The Labute approximate surface area is 171 Å². The van der Waals surface area contributed by atoms with E-state index in [-0.39, 0.29) is 18.5 Å². The topological polar surface area (TPSA) is 85.6 Å². The van der Waals surface area contributed by atoms with E-state index in [0.29, 0.717) is 27.1 Å². The predicted octanol–water partition coefficient (Wildman–Crippen LogP) is 4.44. The summed E-state index contributed by atoms with van der Waals surface area (Å²) < 4.78 is 10.7. The molecule has 0 saturated carbocycles. The quantitative estimate of drug-likeness (QED) is 0.390. The second-order valence-electron chi connectivity index (χ2n) is 7.18. The lowest BCUT2D eigenvalue weighted by molar-refractivity contribution is -0.114. The molecule has 1 aromatic carbocycles. The number of aryl methyl sites for hydroxylation is 2. The molecule has 0 aliphatic heterocycles. The molecule has 0 bridgehead atoms. The van der Waals surface area contributed by atoms with Gasteiger partial charge in [-0.1, -0.05) is 6.42 Å². The van der Waals surface area contributed by atoms with Gasteiger partial charge in [0, 0.05) is 40.6 Å². The number of carbonyl (C=O) groups is 2. The highest BCUT2D eigenvalue weighted by atomic mass is 32.1. The highest BCUT2D eigenvalue weighted by Gasteiger charge is 2.18. The third kappa shape index (κ3) is 4.40. The van der Waals surface area contributed by atoms with E-state index in [1.54, 1.807) is 18.2 Å². The minimum Gasteiger partial charge on any atom is -0.457 e. The number of rotatable bonds is 4. The van der Waals surface area contributed by atoms with Crippen molar-refractivity contribution in [2.24, 2.45) is 0 Å². The van der Waals surface area contributed by atoms with Crippen LogP contribution in [0.2, 0.25) is 0 Å². The van der Waals surface area contributed by atoms with Crippen LogP contribution in [0.4, 0.5) is 5.69 Å². The maximum Gasteiger partial charge on any atom is 0.348 e. The van der Waals surface area contributed by atoms with E-state index in [2.05, 4.69) is 5.32 Å². The molecule has 150 valence electrons. The molecule has 7 heteroatoms. The summed E-state index contributed by atoms with van der Waals surface area (Å²) in [5.41, 5.74) is 2.15. The van der Waals surface area contributed by atoms with Gasteiger partial charge < -0.3 is 14.5 Å². The first kappa shape index (κ1) is 19.4. The normalized spacial score (nSPS) is 13.6. The van der Waals surface area contributed by atoms with Gasteiger partial charge in [0.15, 0.2) is 0 Å². The lowest BCUT2D eigenvalue weighted by atomic mass is 10.1. The summed E-state index contributed by atoms with van der Waals surface area (Å²) in [5, 5.41) is 3.31. The molecule has 2 heterocycles. The van der Waals surface area contributed by atoms with E-state index < -0.39 is 5.63 Å². The van der Waals surface area contributed by atoms with Crippen molar-refractivity contribution in [1.29, 1.82) is 0 Å². The molecule has 3 aromatic rings. The summed E-state index contributed by atoms with van der Waals surface area (Å²) in [6.45, 7) is 1.38. The van der Waals surface area contributed by atoms with Gasteiger partial charge in [-0.05, 0) is 49.4 Å². The summed E-state index contributed by atoms with van der Waals surface area (Å²) in [7, 11) is 0. The fourth-order valence-corrected chi connectivity index (χ4v) is 4.76. The van der Waals surface area contributed by atoms with Crippen LogP contribution in [0.1, 0.15) is 51.9 Å². The highest BCUT2D eigenvalue weighted by Crippen LogP contribution is 2.30. The van der Waals surface area contributed by atoms with Crippen molar-refractivity contribution in [1.82, 2.24) is 0 Å². The lowest BCUT2D eigenvalue weighted by Gasteiger charge is -2.08. The van der Waals surface area contributed by atoms with Crippen molar-refractivity contribution in [2.75, 3.05) is 5.32 Å². The molecule has 1 N–H and O–H groups in total. The summed E-state index contributed by atoms with van der Waals surface area (Å²) in [6, 6.07) is 8.31. The second-order valence-corrected chi connectivity index (χ2v) is 8.32. The zero-order chi connectivity index (χ0) is 20.4. The number of amides is 1. The van der Waals surface area contributed by atoms with Crippen molar-refractivity contribution < 1.29 is 18.7 Å². The maximum absolute atomic E-state index is 12.6. The number of hydrogen-bond acceptors (Lipinski definition) is 6. The molecular weight excluding hydrogens is 390 g/mol. The smallest absolute Gasteiger partial charge is 0.348 e. The number of thiophene rings is 1. The number of anilines is 1. The minimum absolute atomic E-state index is 0.0248. The van der Waals surface area contributed by atoms with Gasteiger partial charge in [-0.3, -0.25) is 4.79 Å². The highest BCUT2D eigenvalue weighted by molar-refractivity contribution is 7.14. The van der Waals surface area contributed by atoms with Gasteiger partial charge in [0.05, 0.1) is 0 Å². The van der Waals surface area contributed by atoms with Gasteiger partial charge >= 0.3 is 11.6 Å². The molecule has 0 atom stereocenters. The van der Waals surface area contributed by atoms with E-state index in [1.165, 1.54) is 41.2 Å². The first-order valence-corrected chi connectivity index (χ1v) is 10.4. The van der Waals surface area contributed by atoms with Gasteiger partial charge in [0.1, 0.15) is 17.1 Å². The molecule has 0 fully saturated rings. The minimum atomic E-state index is -0.536. The third-order valence-corrected chi connectivity index (χ3v) is 6.17. The fourth-order valence-electron chi connectivity index (χ4n) is 3.61. The van der Waals surface area contributed by atoms with E-state index in [1.807, 2.05) is 6.07 Å². The van der Waals surface area contributed by atoms with Crippen LogP contribution < -0.4 is 10.9 Å². The van der Waals surface area contributed by atoms with Gasteiger partial charge in [-0.2, -0.15) is 0 Å². The van der Waals surface area contributed by atoms with Crippen LogP contribution in [-0.4, -0.2) is 11.9 Å². The van der Waals surface area contributed by atoms with E-state index >= 15 is 0 Å². The molecule has 0 saturated heterocycles. The summed E-state index contributed by atoms with van der Waals surface area (Å²) in [4.78, 5) is 37.6. The SMILES string of the molecule is CC(=O)Nc1ccc2c(COC(=O)c3cc4c(s3)CCCCC4)cc(=O)oc2c1. The zero-order valence-corrected chi connectivity index (χ0v) is 16.9. The Morgan fingerprint density at radius 1 is 1.14 bits per heavy atom. The number of carbonyl (C=O) groups excluding carboxylic acids is 2. The molecule has 0 radical (unpaired) electrons. The lowest BCUT2D eigenvalue weighted by Crippen LogP contribution is -2.08. The van der Waals surface area contributed by atoms with Crippen LogP contribution in [0.3, 0.4) is 0 Å². The standard InChI is InChI=1S/C22H21NO5S/c1-13(24)23-16-7-8-17-15(10-21(25)28-18(17)11-16)12-27-22(26)20-9-14-5-3-2-4-6-19(14)29-20/h7-11H,2-6,12H2,1H3,(H,23,24). The molecule has 1 aliphatic rings. The number of fused-ring (bicyclic) bond motifs is 2. The molecule has 29 heavy (non-hydrogen) atoms. The number of ether oxygens (including phenoxy) is 1. The van der Waals surface area contributed by atoms with Crippen LogP contribution in [0.25, 0.3) is 11.0 Å². The summed E-state index contributed by atoms with van der Waals surface area (Å²) in [5.74, 6) is -0.592. The van der Waals surface area contributed by atoms with Crippen molar-refractivity contribution in [2.45, 2.75) is 45.6 Å². The summed E-state index contributed by atoms with van der Waals surface area (Å²) in [6.07, 6.45) is 5.58. The van der Waals surface area contributed by atoms with Gasteiger partial charge in [-0.25, -0.2) is 9.59 Å². The van der Waals surface area contributed by atoms with Crippen LogP contribution in [0, 0.1) is 0 Å². The van der Waals surface area contributed by atoms with Crippen molar-refractivity contribution >= 4 is 39.9 Å². The van der Waals surface area contributed by atoms with Gasteiger partial charge in [0.25, 0.3) is 0 Å². The third-order valence-electron chi connectivity index (χ3n) is 4.96. The first-order chi connectivity index (χ1) is 14.0. The number of esters is 1. The number of nitrogens with one attached hydrogen (secondary N) is 1. The van der Waals surface area contributed by atoms with Crippen LogP contribution in [0.5, 0.6) is 0 Å². The Balaban J connectivity index is 1.54. The van der Waals surface area contributed by atoms with E-state index in [9.17, 15) is 14.4 Å². The van der Waals surface area contributed by atoms with Crippen LogP contribution in [0.15, 0.2) is 39.5 Å². The molecule has 0 spiro atoms. The molecule has 1 amide bonds. The average molecular weight is 411 g/mol.